The SMILES string of the molecule is CC(=O)OC[C@@]1(OC(C)=O)CO[C@@H](OC[C@H]2O[C@@H](OCCC=C(C)C)[C@H](OC(C)=O)[C@@H](OC(C)=O)[C@@H]2OC(C)=O)[C@@H]1OC(C)=O. The van der Waals surface area contributed by atoms with E-state index in [-0.39, 0.29) is 13.2 Å². The van der Waals surface area contributed by atoms with Crippen molar-refractivity contribution in [1.82, 2.24) is 0 Å². The minimum Gasteiger partial charge on any atom is -0.461 e. The summed E-state index contributed by atoms with van der Waals surface area (Å²) in [5.74, 6) is -4.54. The maximum atomic E-state index is 12.1. The quantitative estimate of drug-likeness (QED) is 0.112. The summed E-state index contributed by atoms with van der Waals surface area (Å²) in [5.41, 5.74) is -0.718. The van der Waals surface area contributed by atoms with Crippen LogP contribution in [0.5, 0.6) is 0 Å². The molecule has 16 nitrogen and oxygen atoms in total. The fraction of sp³-hybridized carbons (Fsp3) is 0.724. The van der Waals surface area contributed by atoms with Gasteiger partial charge in [-0.25, -0.2) is 0 Å². The Hall–Kier alpha value is -3.60. The molecular weight excluding hydrogens is 604 g/mol. The predicted octanol–water partition coefficient (Wildman–Crippen LogP) is 1.05. The van der Waals surface area contributed by atoms with Crippen LogP contribution in [0.3, 0.4) is 0 Å². The van der Waals surface area contributed by atoms with Crippen molar-refractivity contribution in [2.45, 2.75) is 111 Å². The first kappa shape index (κ1) is 37.6. The Kier molecular flexibility index (Phi) is 14.4. The first-order valence-corrected chi connectivity index (χ1v) is 14.2. The van der Waals surface area contributed by atoms with Gasteiger partial charge in [-0.05, 0) is 20.3 Å². The second kappa shape index (κ2) is 17.2. The summed E-state index contributed by atoms with van der Waals surface area (Å²) < 4.78 is 55.8. The molecule has 2 aliphatic rings. The number of ether oxygens (including phenoxy) is 10. The molecule has 45 heavy (non-hydrogen) atoms. The Bertz CT molecular complexity index is 1110. The third kappa shape index (κ3) is 11.7. The number of hydrogen-bond acceptors (Lipinski definition) is 16. The average Bonchev–Trinajstić information content (AvgIpc) is 3.22. The van der Waals surface area contributed by atoms with Crippen LogP contribution in [0.15, 0.2) is 11.6 Å². The molecule has 0 aromatic heterocycles. The van der Waals surface area contributed by atoms with Gasteiger partial charge in [0.05, 0.1) is 19.8 Å². The number of allylic oxidation sites excluding steroid dienone is 1. The van der Waals surface area contributed by atoms with E-state index in [0.29, 0.717) is 6.42 Å². The first-order valence-electron chi connectivity index (χ1n) is 14.2. The molecule has 0 aromatic rings. The summed E-state index contributed by atoms with van der Waals surface area (Å²) in [5, 5.41) is 0. The van der Waals surface area contributed by atoms with Crippen LogP contribution in [0, 0.1) is 0 Å². The predicted molar refractivity (Wildman–Crippen MR) is 148 cm³/mol. The van der Waals surface area contributed by atoms with Gasteiger partial charge in [-0.3, -0.25) is 28.8 Å². The van der Waals surface area contributed by atoms with E-state index in [4.69, 9.17) is 47.4 Å². The Morgan fingerprint density at radius 1 is 0.689 bits per heavy atom. The van der Waals surface area contributed by atoms with Gasteiger partial charge in [0.1, 0.15) is 12.7 Å². The summed E-state index contributed by atoms with van der Waals surface area (Å²) in [4.78, 5) is 71.9. The zero-order valence-electron chi connectivity index (χ0n) is 26.7. The van der Waals surface area contributed by atoms with Crippen LogP contribution in [-0.4, -0.2) is 111 Å². The second-order valence-electron chi connectivity index (χ2n) is 10.7. The summed E-state index contributed by atoms with van der Waals surface area (Å²) >= 11 is 0. The van der Waals surface area contributed by atoms with Crippen LogP contribution in [0.4, 0.5) is 0 Å². The molecule has 2 rings (SSSR count). The molecule has 2 fully saturated rings. The second-order valence-corrected chi connectivity index (χ2v) is 10.7. The third-order valence-corrected chi connectivity index (χ3v) is 6.29. The van der Waals surface area contributed by atoms with E-state index < -0.39 is 97.7 Å². The van der Waals surface area contributed by atoms with E-state index in [9.17, 15) is 28.8 Å². The molecule has 0 bridgehead atoms. The maximum Gasteiger partial charge on any atom is 0.303 e. The zero-order valence-corrected chi connectivity index (χ0v) is 26.7. The number of carbonyl (C=O) groups is 6. The number of carbonyl (C=O) groups excluding carboxylic acids is 6. The zero-order chi connectivity index (χ0) is 33.9. The van der Waals surface area contributed by atoms with Crippen molar-refractivity contribution in [3.8, 4) is 0 Å². The molecule has 0 aliphatic carbocycles. The topological polar surface area (TPSA) is 195 Å². The number of esters is 6. The standard InChI is InChI=1S/C29H42O16/c1-15(2)10-9-11-36-27-25(42-19(6)33)24(41-18(5)32)23(40-17(4)31)22(44-27)12-37-28-26(43-20(7)34)29(14-39-28,45-21(8)35)13-38-16(3)30/h10,22-28H,9,11-14H2,1-8H3/t22-,23-,24+,25-,26+,27-,28-,29-/m1/s1. The molecule has 16 heteroatoms. The van der Waals surface area contributed by atoms with Gasteiger partial charge in [-0.2, -0.15) is 0 Å². The van der Waals surface area contributed by atoms with E-state index in [1.54, 1.807) is 0 Å². The van der Waals surface area contributed by atoms with Crippen molar-refractivity contribution in [2.24, 2.45) is 0 Å². The summed E-state index contributed by atoms with van der Waals surface area (Å²) in [6, 6.07) is 0. The number of rotatable bonds is 14. The lowest BCUT2D eigenvalue weighted by Crippen LogP contribution is -2.63. The monoisotopic (exact) mass is 646 g/mol. The van der Waals surface area contributed by atoms with E-state index >= 15 is 0 Å². The fourth-order valence-electron chi connectivity index (χ4n) is 4.71. The van der Waals surface area contributed by atoms with Gasteiger partial charge in [-0.15, -0.1) is 0 Å². The van der Waals surface area contributed by atoms with E-state index in [2.05, 4.69) is 0 Å². The van der Waals surface area contributed by atoms with Crippen LogP contribution in [0.25, 0.3) is 0 Å². The van der Waals surface area contributed by atoms with Gasteiger partial charge in [-0.1, -0.05) is 11.6 Å². The molecule has 0 spiro atoms. The molecule has 0 N–H and O–H groups in total. The van der Waals surface area contributed by atoms with Crippen molar-refractivity contribution in [3.05, 3.63) is 11.6 Å². The molecule has 254 valence electrons. The molecule has 0 radical (unpaired) electrons. The Balaban J connectivity index is 2.43. The molecule has 0 aromatic carbocycles. The Morgan fingerprint density at radius 2 is 1.27 bits per heavy atom. The summed E-state index contributed by atoms with van der Waals surface area (Å²) in [6.45, 7) is 9.30. The van der Waals surface area contributed by atoms with Crippen LogP contribution in [0.1, 0.15) is 61.8 Å². The first-order chi connectivity index (χ1) is 21.0. The highest BCUT2D eigenvalue weighted by Crippen LogP contribution is 2.35. The van der Waals surface area contributed by atoms with Crippen molar-refractivity contribution in [2.75, 3.05) is 26.4 Å². The normalized spacial score (nSPS) is 29.1. The molecular formula is C29H42O16. The summed E-state index contributed by atoms with van der Waals surface area (Å²) in [7, 11) is 0. The molecule has 0 saturated carbocycles. The highest BCUT2D eigenvalue weighted by molar-refractivity contribution is 5.69. The fourth-order valence-corrected chi connectivity index (χ4v) is 4.71. The lowest BCUT2D eigenvalue weighted by molar-refractivity contribution is -0.314. The molecule has 2 heterocycles. The van der Waals surface area contributed by atoms with Crippen molar-refractivity contribution in [3.63, 3.8) is 0 Å². The third-order valence-electron chi connectivity index (χ3n) is 6.29. The van der Waals surface area contributed by atoms with Crippen LogP contribution >= 0.6 is 0 Å². The highest BCUT2D eigenvalue weighted by atomic mass is 16.8. The van der Waals surface area contributed by atoms with Gasteiger partial charge in [0.2, 0.25) is 5.60 Å². The van der Waals surface area contributed by atoms with Gasteiger partial charge >= 0.3 is 35.8 Å². The van der Waals surface area contributed by atoms with E-state index in [0.717, 1.165) is 47.1 Å². The molecule has 0 unspecified atom stereocenters. The van der Waals surface area contributed by atoms with Crippen LogP contribution in [-0.2, 0) is 76.1 Å². The summed E-state index contributed by atoms with van der Waals surface area (Å²) in [6.07, 6.45) is -7.06. The average molecular weight is 647 g/mol. The van der Waals surface area contributed by atoms with Gasteiger partial charge in [0.15, 0.2) is 37.0 Å². The van der Waals surface area contributed by atoms with Crippen molar-refractivity contribution >= 4 is 35.8 Å². The lowest BCUT2D eigenvalue weighted by Gasteiger charge is -2.44. The van der Waals surface area contributed by atoms with Crippen molar-refractivity contribution < 1.29 is 76.1 Å². The van der Waals surface area contributed by atoms with Crippen LogP contribution < -0.4 is 0 Å². The Morgan fingerprint density at radius 3 is 1.80 bits per heavy atom. The molecule has 2 saturated heterocycles. The minimum absolute atomic E-state index is 0.119. The molecule has 2 aliphatic heterocycles. The van der Waals surface area contributed by atoms with Gasteiger partial charge in [0, 0.05) is 41.5 Å². The minimum atomic E-state index is -1.76. The lowest BCUT2D eigenvalue weighted by atomic mass is 9.97. The Labute approximate surface area is 260 Å². The molecule has 0 amide bonds. The maximum absolute atomic E-state index is 12.1. The highest BCUT2D eigenvalue weighted by Gasteiger charge is 2.58. The van der Waals surface area contributed by atoms with E-state index in [1.165, 1.54) is 0 Å². The van der Waals surface area contributed by atoms with Gasteiger partial charge in [0.25, 0.3) is 0 Å². The smallest absolute Gasteiger partial charge is 0.303 e. The number of hydrogen-bond donors (Lipinski definition) is 0. The van der Waals surface area contributed by atoms with E-state index in [1.807, 2.05) is 19.9 Å². The largest absolute Gasteiger partial charge is 0.461 e. The molecule has 8 atom stereocenters. The van der Waals surface area contributed by atoms with Crippen LogP contribution in [0.2, 0.25) is 0 Å². The van der Waals surface area contributed by atoms with Gasteiger partial charge < -0.3 is 47.4 Å². The van der Waals surface area contributed by atoms with Crippen molar-refractivity contribution in [1.29, 1.82) is 0 Å².